The van der Waals surface area contributed by atoms with Gasteiger partial charge in [-0.3, -0.25) is 9.59 Å². The highest BCUT2D eigenvalue weighted by atomic mass is 16.5. The Labute approximate surface area is 325 Å². The van der Waals surface area contributed by atoms with Gasteiger partial charge in [-0.2, -0.15) is 0 Å². The largest absolute Gasteiger partial charge is 0.461 e. The van der Waals surface area contributed by atoms with Crippen molar-refractivity contribution >= 4 is 11.9 Å². The zero-order chi connectivity index (χ0) is 38.5. The lowest BCUT2D eigenvalue weighted by Crippen LogP contribution is -2.35. The van der Waals surface area contributed by atoms with E-state index in [1.165, 1.54) is 103 Å². The Bertz CT molecular complexity index is 720. The standard InChI is InChI=1S/C45H91N3O4/c1-8-12-16-20-24-26-32-42(51-44(49)34-28-22-18-14-10-3)40-47(6)38-30-36-46(5)37-31-39-48(7)41-43(33-27-25-21-17-13-9-2)52-45(50)35-29-23-19-15-11-4/h42-43H,8-41H2,1-7H3. The molecule has 0 aromatic heterocycles. The molecule has 0 fully saturated rings. The van der Waals surface area contributed by atoms with E-state index in [-0.39, 0.29) is 24.1 Å². The summed E-state index contributed by atoms with van der Waals surface area (Å²) in [6, 6.07) is 0. The average molecular weight is 738 g/mol. The molecule has 0 heterocycles. The molecule has 0 amide bonds. The van der Waals surface area contributed by atoms with E-state index in [9.17, 15) is 9.59 Å². The molecular formula is C45H91N3O4. The molecule has 2 atom stereocenters. The number of hydrogen-bond donors (Lipinski definition) is 0. The molecular weight excluding hydrogens is 647 g/mol. The lowest BCUT2D eigenvalue weighted by Gasteiger charge is -2.26. The molecule has 0 bridgehead atoms. The maximum absolute atomic E-state index is 12.7. The molecule has 0 spiro atoms. The van der Waals surface area contributed by atoms with Gasteiger partial charge in [0.25, 0.3) is 0 Å². The third kappa shape index (κ3) is 34.6. The van der Waals surface area contributed by atoms with Gasteiger partial charge in [0.1, 0.15) is 12.2 Å². The fourth-order valence-electron chi connectivity index (χ4n) is 7.13. The molecule has 0 aliphatic heterocycles. The number of carbonyl (C=O) groups is 2. The Morgan fingerprint density at radius 2 is 0.673 bits per heavy atom. The summed E-state index contributed by atoms with van der Waals surface area (Å²) in [5.41, 5.74) is 0. The van der Waals surface area contributed by atoms with Crippen molar-refractivity contribution in [1.82, 2.24) is 14.7 Å². The van der Waals surface area contributed by atoms with Gasteiger partial charge in [0.05, 0.1) is 0 Å². The van der Waals surface area contributed by atoms with Crippen LogP contribution in [-0.4, -0.2) is 99.3 Å². The van der Waals surface area contributed by atoms with Crippen LogP contribution in [0.2, 0.25) is 0 Å². The van der Waals surface area contributed by atoms with E-state index in [0.717, 1.165) is 103 Å². The van der Waals surface area contributed by atoms with E-state index in [2.05, 4.69) is 63.5 Å². The van der Waals surface area contributed by atoms with Crippen molar-refractivity contribution in [3.05, 3.63) is 0 Å². The quantitative estimate of drug-likeness (QED) is 0.0458. The first-order chi connectivity index (χ1) is 25.2. The van der Waals surface area contributed by atoms with Crippen LogP contribution in [0, 0.1) is 0 Å². The Balaban J connectivity index is 4.60. The zero-order valence-electron chi connectivity index (χ0n) is 36.2. The Morgan fingerprint density at radius 3 is 1.02 bits per heavy atom. The topological polar surface area (TPSA) is 62.3 Å². The van der Waals surface area contributed by atoms with Gasteiger partial charge in [0, 0.05) is 25.9 Å². The molecule has 0 aliphatic carbocycles. The third-order valence-electron chi connectivity index (χ3n) is 10.5. The molecule has 0 saturated carbocycles. The fraction of sp³-hybridized carbons (Fsp3) is 0.956. The van der Waals surface area contributed by atoms with Crippen LogP contribution in [0.3, 0.4) is 0 Å². The van der Waals surface area contributed by atoms with Crippen LogP contribution in [0.5, 0.6) is 0 Å². The minimum Gasteiger partial charge on any atom is -0.461 e. The lowest BCUT2D eigenvalue weighted by molar-refractivity contribution is -0.151. The number of ether oxygens (including phenoxy) is 2. The number of rotatable bonds is 40. The summed E-state index contributed by atoms with van der Waals surface area (Å²) in [6.07, 6.45) is 32.0. The van der Waals surface area contributed by atoms with Gasteiger partial charge in [-0.1, -0.05) is 143 Å². The van der Waals surface area contributed by atoms with E-state index in [1.807, 2.05) is 0 Å². The summed E-state index contributed by atoms with van der Waals surface area (Å²) in [7, 11) is 6.60. The van der Waals surface area contributed by atoms with Crippen LogP contribution in [-0.2, 0) is 19.1 Å². The molecule has 0 N–H and O–H groups in total. The van der Waals surface area contributed by atoms with Crippen LogP contribution >= 0.6 is 0 Å². The fourth-order valence-corrected chi connectivity index (χ4v) is 7.13. The normalized spacial score (nSPS) is 13.0. The van der Waals surface area contributed by atoms with Crippen LogP contribution in [0.4, 0.5) is 0 Å². The second-order valence-corrected chi connectivity index (χ2v) is 16.2. The molecule has 0 aromatic rings. The first kappa shape index (κ1) is 50.8. The predicted molar refractivity (Wildman–Crippen MR) is 224 cm³/mol. The van der Waals surface area contributed by atoms with Gasteiger partial charge in [-0.05, 0) is 98.7 Å². The van der Waals surface area contributed by atoms with E-state index in [0.29, 0.717) is 12.8 Å². The third-order valence-corrected chi connectivity index (χ3v) is 10.5. The highest BCUT2D eigenvalue weighted by Gasteiger charge is 2.18. The van der Waals surface area contributed by atoms with Crippen molar-refractivity contribution in [2.24, 2.45) is 0 Å². The summed E-state index contributed by atoms with van der Waals surface area (Å²) >= 11 is 0. The second kappa shape index (κ2) is 38.1. The first-order valence-corrected chi connectivity index (χ1v) is 22.7. The highest BCUT2D eigenvalue weighted by Crippen LogP contribution is 2.16. The number of unbranched alkanes of at least 4 members (excludes halogenated alkanes) is 18. The van der Waals surface area contributed by atoms with Crippen LogP contribution in [0.15, 0.2) is 0 Å². The van der Waals surface area contributed by atoms with Gasteiger partial charge in [-0.15, -0.1) is 0 Å². The molecule has 0 radical (unpaired) electrons. The number of likely N-dealkylation sites (N-methyl/N-ethyl adjacent to an activating group) is 2. The molecule has 7 nitrogen and oxygen atoms in total. The van der Waals surface area contributed by atoms with Crippen molar-refractivity contribution < 1.29 is 19.1 Å². The Hall–Kier alpha value is -1.18. The monoisotopic (exact) mass is 738 g/mol. The maximum atomic E-state index is 12.7. The van der Waals surface area contributed by atoms with Crippen LogP contribution in [0.25, 0.3) is 0 Å². The minimum atomic E-state index is -0.00437. The molecule has 0 rings (SSSR count). The lowest BCUT2D eigenvalue weighted by atomic mass is 10.1. The maximum Gasteiger partial charge on any atom is 0.306 e. The van der Waals surface area contributed by atoms with E-state index >= 15 is 0 Å². The minimum absolute atomic E-state index is 0.00235. The highest BCUT2D eigenvalue weighted by molar-refractivity contribution is 5.69. The Kier molecular flexibility index (Phi) is 37.2. The van der Waals surface area contributed by atoms with Gasteiger partial charge in [-0.25, -0.2) is 0 Å². The van der Waals surface area contributed by atoms with Crippen molar-refractivity contribution in [3.8, 4) is 0 Å². The molecule has 310 valence electrons. The molecule has 0 saturated heterocycles. The van der Waals surface area contributed by atoms with Crippen LogP contribution < -0.4 is 0 Å². The van der Waals surface area contributed by atoms with Gasteiger partial charge < -0.3 is 24.2 Å². The van der Waals surface area contributed by atoms with Gasteiger partial charge in [0.2, 0.25) is 0 Å². The Morgan fingerprint density at radius 1 is 0.385 bits per heavy atom. The summed E-state index contributed by atoms with van der Waals surface area (Å²) < 4.78 is 12.1. The van der Waals surface area contributed by atoms with E-state index < -0.39 is 0 Å². The average Bonchev–Trinajstić information content (AvgIpc) is 3.10. The summed E-state index contributed by atoms with van der Waals surface area (Å²) in [5.74, 6) is -0.00874. The molecule has 2 unspecified atom stereocenters. The van der Waals surface area contributed by atoms with Gasteiger partial charge >= 0.3 is 11.9 Å². The predicted octanol–water partition coefficient (Wildman–Crippen LogP) is 11.6. The summed E-state index contributed by atoms with van der Waals surface area (Å²) in [5, 5.41) is 0. The number of esters is 2. The van der Waals surface area contributed by atoms with Crippen LogP contribution in [0.1, 0.15) is 207 Å². The number of hydrogen-bond acceptors (Lipinski definition) is 7. The SMILES string of the molecule is CCCCCCCCC(CN(C)CCCN(C)CCCN(C)CC(CCCCCCCC)OC(=O)CCCCCCC)OC(=O)CCCCCCC. The molecule has 52 heavy (non-hydrogen) atoms. The number of nitrogens with zero attached hydrogens (tertiary/aromatic N) is 3. The molecule has 7 heteroatoms. The summed E-state index contributed by atoms with van der Waals surface area (Å²) in [4.78, 5) is 32.6. The van der Waals surface area contributed by atoms with Crippen molar-refractivity contribution in [2.75, 3.05) is 60.4 Å². The zero-order valence-corrected chi connectivity index (χ0v) is 36.2. The van der Waals surface area contributed by atoms with Crippen molar-refractivity contribution in [2.45, 2.75) is 220 Å². The molecule has 0 aliphatic rings. The smallest absolute Gasteiger partial charge is 0.306 e. The van der Waals surface area contributed by atoms with Crippen molar-refractivity contribution in [1.29, 1.82) is 0 Å². The first-order valence-electron chi connectivity index (χ1n) is 22.7. The second-order valence-electron chi connectivity index (χ2n) is 16.2. The molecule has 0 aromatic carbocycles. The van der Waals surface area contributed by atoms with Gasteiger partial charge in [0.15, 0.2) is 0 Å². The summed E-state index contributed by atoms with van der Waals surface area (Å²) in [6.45, 7) is 14.8. The van der Waals surface area contributed by atoms with E-state index in [4.69, 9.17) is 9.47 Å². The van der Waals surface area contributed by atoms with E-state index in [1.54, 1.807) is 0 Å². The number of carbonyl (C=O) groups excluding carboxylic acids is 2. The van der Waals surface area contributed by atoms with Crippen molar-refractivity contribution in [3.63, 3.8) is 0 Å².